The van der Waals surface area contributed by atoms with E-state index in [1.165, 1.54) is 55.5 Å². The van der Waals surface area contributed by atoms with Crippen LogP contribution in [0.3, 0.4) is 0 Å². The van der Waals surface area contributed by atoms with Crippen LogP contribution in [0, 0.1) is 0 Å². The molecule has 0 aliphatic rings. The number of carboxylic acids is 1. The van der Waals surface area contributed by atoms with Gasteiger partial charge in [0.05, 0.1) is 9.79 Å². The Kier molecular flexibility index (Phi) is 4.73. The summed E-state index contributed by atoms with van der Waals surface area (Å²) in [4.78, 5) is 10.9. The van der Waals surface area contributed by atoms with Crippen LogP contribution < -0.4 is 4.74 Å². The Bertz CT molecular complexity index is 767. The molecule has 116 valence electrons. The maximum atomic E-state index is 12.4. The third-order valence-corrected chi connectivity index (χ3v) is 4.96. The Hall–Kier alpha value is -2.05. The molecule has 1 N–H and O–H groups in total. The number of carbonyl (C=O) groups is 1. The van der Waals surface area contributed by atoms with Gasteiger partial charge in [-0.05, 0) is 55.5 Å². The first-order chi connectivity index (χ1) is 10.3. The number of carboxylic acid groups (broad SMARTS) is 1. The molecule has 0 aliphatic heterocycles. The first-order valence-electron chi connectivity index (χ1n) is 6.31. The predicted octanol–water partition coefficient (Wildman–Crippen LogP) is 3.02. The summed E-state index contributed by atoms with van der Waals surface area (Å²) in [6.07, 6.45) is -1.02. The van der Waals surface area contributed by atoms with Gasteiger partial charge in [0.15, 0.2) is 6.10 Å². The van der Waals surface area contributed by atoms with Crippen molar-refractivity contribution in [2.75, 3.05) is 0 Å². The molecule has 0 saturated carbocycles. The Labute approximate surface area is 133 Å². The fourth-order valence-electron chi connectivity index (χ4n) is 1.70. The van der Waals surface area contributed by atoms with Crippen LogP contribution >= 0.6 is 11.6 Å². The van der Waals surface area contributed by atoms with Gasteiger partial charge in [0.2, 0.25) is 9.84 Å². The Morgan fingerprint density at radius 2 is 1.50 bits per heavy atom. The summed E-state index contributed by atoms with van der Waals surface area (Å²) in [6, 6.07) is 11.4. The first-order valence-corrected chi connectivity index (χ1v) is 8.17. The molecule has 0 saturated heterocycles. The molecule has 0 aliphatic carbocycles. The monoisotopic (exact) mass is 340 g/mol. The molecule has 2 aromatic rings. The highest BCUT2D eigenvalue weighted by atomic mass is 35.5. The van der Waals surface area contributed by atoms with Crippen LogP contribution in [-0.4, -0.2) is 25.6 Å². The SMILES string of the molecule is CC(Oc1ccc(S(=O)(=O)c2ccc(Cl)cc2)cc1)C(=O)O. The van der Waals surface area contributed by atoms with E-state index < -0.39 is 21.9 Å². The van der Waals surface area contributed by atoms with Gasteiger partial charge in [-0.3, -0.25) is 0 Å². The molecule has 0 fully saturated rings. The molecule has 0 amide bonds. The highest BCUT2D eigenvalue weighted by Gasteiger charge is 2.18. The second-order valence-corrected chi connectivity index (χ2v) is 6.91. The largest absolute Gasteiger partial charge is 0.479 e. The van der Waals surface area contributed by atoms with E-state index in [-0.39, 0.29) is 15.5 Å². The Morgan fingerprint density at radius 3 is 1.95 bits per heavy atom. The van der Waals surface area contributed by atoms with Gasteiger partial charge in [0.25, 0.3) is 0 Å². The zero-order valence-electron chi connectivity index (χ0n) is 11.6. The summed E-state index contributed by atoms with van der Waals surface area (Å²) in [5, 5.41) is 9.22. The summed E-state index contributed by atoms with van der Waals surface area (Å²) in [7, 11) is -3.65. The molecule has 0 heterocycles. The van der Waals surface area contributed by atoms with Crippen molar-refractivity contribution in [1.82, 2.24) is 0 Å². The Balaban J connectivity index is 2.26. The average molecular weight is 341 g/mol. The molecule has 0 spiro atoms. The van der Waals surface area contributed by atoms with E-state index in [2.05, 4.69) is 0 Å². The van der Waals surface area contributed by atoms with E-state index in [4.69, 9.17) is 21.4 Å². The zero-order chi connectivity index (χ0) is 16.3. The summed E-state index contributed by atoms with van der Waals surface area (Å²) in [6.45, 7) is 1.39. The second-order valence-electron chi connectivity index (χ2n) is 4.53. The van der Waals surface area contributed by atoms with Crippen LogP contribution in [0.15, 0.2) is 58.3 Å². The van der Waals surface area contributed by atoms with Crippen molar-refractivity contribution in [3.63, 3.8) is 0 Å². The van der Waals surface area contributed by atoms with Crippen LogP contribution in [0.5, 0.6) is 5.75 Å². The van der Waals surface area contributed by atoms with Crippen LogP contribution in [0.2, 0.25) is 5.02 Å². The molecular formula is C15H13ClO5S. The summed E-state index contributed by atoms with van der Waals surface area (Å²) in [5.74, 6) is -0.817. The van der Waals surface area contributed by atoms with Crippen molar-refractivity contribution in [2.45, 2.75) is 22.8 Å². The van der Waals surface area contributed by atoms with Gasteiger partial charge in [-0.15, -0.1) is 0 Å². The van der Waals surface area contributed by atoms with E-state index in [0.29, 0.717) is 5.02 Å². The molecule has 0 radical (unpaired) electrons. The fraction of sp³-hybridized carbons (Fsp3) is 0.133. The number of benzene rings is 2. The third kappa shape index (κ3) is 3.58. The lowest BCUT2D eigenvalue weighted by Crippen LogP contribution is -2.22. The van der Waals surface area contributed by atoms with Crippen molar-refractivity contribution in [3.05, 3.63) is 53.6 Å². The predicted molar refractivity (Wildman–Crippen MR) is 81.1 cm³/mol. The molecule has 0 bridgehead atoms. The lowest BCUT2D eigenvalue weighted by molar-refractivity contribution is -0.144. The van der Waals surface area contributed by atoms with Gasteiger partial charge in [0.1, 0.15) is 5.75 Å². The van der Waals surface area contributed by atoms with Gasteiger partial charge in [-0.25, -0.2) is 13.2 Å². The van der Waals surface area contributed by atoms with Crippen LogP contribution in [-0.2, 0) is 14.6 Å². The quantitative estimate of drug-likeness (QED) is 0.904. The summed E-state index contributed by atoms with van der Waals surface area (Å²) < 4.78 is 30.0. The molecule has 2 rings (SSSR count). The lowest BCUT2D eigenvalue weighted by Gasteiger charge is -2.11. The molecular weight excluding hydrogens is 328 g/mol. The average Bonchev–Trinajstić information content (AvgIpc) is 2.48. The van der Waals surface area contributed by atoms with Gasteiger partial charge >= 0.3 is 5.97 Å². The standard InChI is InChI=1S/C15H13ClO5S/c1-10(15(17)18)21-12-4-8-14(9-5-12)22(19,20)13-6-2-11(16)3-7-13/h2-10H,1H3,(H,17,18). The smallest absolute Gasteiger partial charge is 0.344 e. The third-order valence-electron chi connectivity index (χ3n) is 2.92. The van der Waals surface area contributed by atoms with E-state index in [0.717, 1.165) is 0 Å². The number of hydrogen-bond acceptors (Lipinski definition) is 4. The highest BCUT2D eigenvalue weighted by molar-refractivity contribution is 7.91. The van der Waals surface area contributed by atoms with Gasteiger partial charge in [0, 0.05) is 5.02 Å². The molecule has 1 unspecified atom stereocenters. The Morgan fingerprint density at radius 1 is 1.05 bits per heavy atom. The molecule has 7 heteroatoms. The molecule has 0 aromatic heterocycles. The maximum absolute atomic E-state index is 12.4. The topological polar surface area (TPSA) is 80.7 Å². The van der Waals surface area contributed by atoms with Gasteiger partial charge in [-0.2, -0.15) is 0 Å². The molecule has 5 nitrogen and oxygen atoms in total. The van der Waals surface area contributed by atoms with Gasteiger partial charge in [-0.1, -0.05) is 11.6 Å². The van der Waals surface area contributed by atoms with Crippen molar-refractivity contribution < 1.29 is 23.1 Å². The summed E-state index contributed by atoms with van der Waals surface area (Å²) in [5.41, 5.74) is 0. The van der Waals surface area contributed by atoms with Crippen LogP contribution in [0.1, 0.15) is 6.92 Å². The number of sulfone groups is 1. The number of rotatable bonds is 5. The lowest BCUT2D eigenvalue weighted by atomic mass is 10.3. The normalized spacial score (nSPS) is 12.6. The second kappa shape index (κ2) is 6.37. The number of hydrogen-bond donors (Lipinski definition) is 1. The van der Waals surface area contributed by atoms with E-state index >= 15 is 0 Å². The van der Waals surface area contributed by atoms with Crippen molar-refractivity contribution >= 4 is 27.4 Å². The van der Waals surface area contributed by atoms with Crippen molar-refractivity contribution in [2.24, 2.45) is 0 Å². The maximum Gasteiger partial charge on any atom is 0.344 e. The fourth-order valence-corrected chi connectivity index (χ4v) is 3.09. The van der Waals surface area contributed by atoms with Crippen LogP contribution in [0.4, 0.5) is 0 Å². The highest BCUT2D eigenvalue weighted by Crippen LogP contribution is 2.24. The number of halogens is 1. The van der Waals surface area contributed by atoms with Crippen LogP contribution in [0.25, 0.3) is 0 Å². The van der Waals surface area contributed by atoms with E-state index in [9.17, 15) is 13.2 Å². The van der Waals surface area contributed by atoms with Crippen molar-refractivity contribution in [1.29, 1.82) is 0 Å². The summed E-state index contributed by atoms with van der Waals surface area (Å²) >= 11 is 5.74. The minimum atomic E-state index is -3.65. The molecule has 22 heavy (non-hydrogen) atoms. The number of aliphatic carboxylic acids is 1. The molecule has 2 aromatic carbocycles. The van der Waals surface area contributed by atoms with E-state index in [1.54, 1.807) is 0 Å². The van der Waals surface area contributed by atoms with Gasteiger partial charge < -0.3 is 9.84 Å². The number of ether oxygens (including phenoxy) is 1. The van der Waals surface area contributed by atoms with Crippen molar-refractivity contribution in [3.8, 4) is 5.75 Å². The van der Waals surface area contributed by atoms with E-state index in [1.807, 2.05) is 0 Å². The minimum Gasteiger partial charge on any atom is -0.479 e. The first kappa shape index (κ1) is 16.3. The zero-order valence-corrected chi connectivity index (χ0v) is 13.1. The minimum absolute atomic E-state index is 0.0881. The molecule has 1 atom stereocenters.